The summed E-state index contributed by atoms with van der Waals surface area (Å²) < 4.78 is 0. The van der Waals surface area contributed by atoms with E-state index in [0.717, 1.165) is 0 Å². The van der Waals surface area contributed by atoms with Crippen LogP contribution in [-0.4, -0.2) is 28.8 Å². The van der Waals surface area contributed by atoms with Crippen LogP contribution in [0.4, 0.5) is 0 Å². The van der Waals surface area contributed by atoms with E-state index < -0.39 is 0 Å². The van der Waals surface area contributed by atoms with Crippen molar-refractivity contribution in [2.45, 2.75) is 6.92 Å². The predicted octanol–water partition coefficient (Wildman–Crippen LogP) is 2.28. The highest BCUT2D eigenvalue weighted by molar-refractivity contribution is 6.30. The molecule has 88 valence electrons. The lowest BCUT2D eigenvalue weighted by Gasteiger charge is -2.06. The van der Waals surface area contributed by atoms with Crippen LogP contribution in [0.15, 0.2) is 28.9 Å². The minimum atomic E-state index is -0.193. The van der Waals surface area contributed by atoms with Crippen molar-refractivity contribution < 1.29 is 9.90 Å². The summed E-state index contributed by atoms with van der Waals surface area (Å²) in [5, 5.41) is 10.1. The molecule has 0 saturated heterocycles. The smallest absolute Gasteiger partial charge is 0.277 e. The highest BCUT2D eigenvalue weighted by Gasteiger charge is 2.23. The minimum absolute atomic E-state index is 0.0668. The van der Waals surface area contributed by atoms with Crippen LogP contribution in [0.3, 0.4) is 0 Å². The maximum Gasteiger partial charge on any atom is 0.277 e. The summed E-state index contributed by atoms with van der Waals surface area (Å²) in [6, 6.07) is 4.64. The van der Waals surface area contributed by atoms with Gasteiger partial charge in [-0.3, -0.25) is 9.69 Å². The van der Waals surface area contributed by atoms with Gasteiger partial charge in [-0.1, -0.05) is 11.6 Å². The molecule has 17 heavy (non-hydrogen) atoms. The SMILES string of the molecule is CC1=N/C(=C\c2cc(Cl)ccc2O)C(=O)N1C. The number of amides is 1. The third-order valence-corrected chi connectivity index (χ3v) is 2.81. The molecule has 2 rings (SSSR count). The molecule has 0 fully saturated rings. The fourth-order valence-electron chi connectivity index (χ4n) is 1.50. The Balaban J connectivity index is 2.44. The molecule has 0 atom stereocenters. The summed E-state index contributed by atoms with van der Waals surface area (Å²) in [6.07, 6.45) is 1.52. The normalized spacial score (nSPS) is 17.8. The Morgan fingerprint density at radius 3 is 2.76 bits per heavy atom. The Labute approximate surface area is 104 Å². The first-order valence-corrected chi connectivity index (χ1v) is 5.40. The lowest BCUT2D eigenvalue weighted by atomic mass is 10.1. The number of phenolic OH excluding ortho intramolecular Hbond substituents is 1. The van der Waals surface area contributed by atoms with Crippen LogP contribution in [-0.2, 0) is 4.79 Å². The van der Waals surface area contributed by atoms with E-state index in [0.29, 0.717) is 22.1 Å². The molecule has 1 N–H and O–H groups in total. The second kappa shape index (κ2) is 4.22. The van der Waals surface area contributed by atoms with E-state index in [9.17, 15) is 9.90 Å². The van der Waals surface area contributed by atoms with Crippen molar-refractivity contribution in [1.29, 1.82) is 0 Å². The molecule has 1 aliphatic rings. The molecule has 0 saturated carbocycles. The summed E-state index contributed by atoms with van der Waals surface area (Å²) in [5.74, 6) is 0.502. The second-order valence-corrected chi connectivity index (χ2v) is 4.19. The lowest BCUT2D eigenvalue weighted by molar-refractivity contribution is -0.121. The van der Waals surface area contributed by atoms with Gasteiger partial charge in [0.15, 0.2) is 0 Å². The molecule has 1 amide bonds. The topological polar surface area (TPSA) is 52.9 Å². The molecule has 1 aliphatic heterocycles. The van der Waals surface area contributed by atoms with Gasteiger partial charge in [-0.2, -0.15) is 0 Å². The number of halogens is 1. The maximum atomic E-state index is 11.7. The van der Waals surface area contributed by atoms with Crippen molar-refractivity contribution in [3.05, 3.63) is 34.5 Å². The van der Waals surface area contributed by atoms with Crippen LogP contribution in [0, 0.1) is 0 Å². The van der Waals surface area contributed by atoms with Crippen molar-refractivity contribution in [3.63, 3.8) is 0 Å². The Morgan fingerprint density at radius 1 is 1.47 bits per heavy atom. The summed E-state index contributed by atoms with van der Waals surface area (Å²) >= 11 is 5.82. The number of nitrogens with zero attached hydrogens (tertiary/aromatic N) is 2. The third-order valence-electron chi connectivity index (χ3n) is 2.57. The molecular weight excluding hydrogens is 240 g/mol. The van der Waals surface area contributed by atoms with Crippen LogP contribution in [0.5, 0.6) is 5.75 Å². The number of hydrogen-bond donors (Lipinski definition) is 1. The first-order chi connectivity index (χ1) is 7.99. The fraction of sp³-hybridized carbons (Fsp3) is 0.167. The van der Waals surface area contributed by atoms with Crippen molar-refractivity contribution in [2.75, 3.05) is 7.05 Å². The molecule has 1 aromatic rings. The van der Waals surface area contributed by atoms with Crippen LogP contribution in [0.25, 0.3) is 6.08 Å². The Hall–Kier alpha value is -1.81. The van der Waals surface area contributed by atoms with Gasteiger partial charge in [-0.25, -0.2) is 4.99 Å². The average Bonchev–Trinajstić information content (AvgIpc) is 2.52. The highest BCUT2D eigenvalue weighted by Crippen LogP contribution is 2.25. The monoisotopic (exact) mass is 250 g/mol. The second-order valence-electron chi connectivity index (χ2n) is 3.76. The zero-order valence-corrected chi connectivity index (χ0v) is 10.2. The molecule has 0 radical (unpaired) electrons. The minimum Gasteiger partial charge on any atom is -0.507 e. The van der Waals surface area contributed by atoms with Gasteiger partial charge < -0.3 is 5.11 Å². The number of carbonyl (C=O) groups is 1. The fourth-order valence-corrected chi connectivity index (χ4v) is 1.68. The molecule has 0 aromatic heterocycles. The molecule has 0 spiro atoms. The molecule has 1 aromatic carbocycles. The van der Waals surface area contributed by atoms with Crippen molar-refractivity contribution >= 4 is 29.4 Å². The molecular formula is C12H11ClN2O2. The van der Waals surface area contributed by atoms with Gasteiger partial charge in [-0.05, 0) is 31.2 Å². The molecule has 1 heterocycles. The lowest BCUT2D eigenvalue weighted by Crippen LogP contribution is -2.25. The van der Waals surface area contributed by atoms with Gasteiger partial charge in [-0.15, -0.1) is 0 Å². The zero-order valence-electron chi connectivity index (χ0n) is 9.44. The number of aliphatic imine (C=N–C) groups is 1. The van der Waals surface area contributed by atoms with Crippen molar-refractivity contribution in [1.82, 2.24) is 4.90 Å². The number of hydrogen-bond acceptors (Lipinski definition) is 3. The number of benzene rings is 1. The largest absolute Gasteiger partial charge is 0.507 e. The van der Waals surface area contributed by atoms with E-state index >= 15 is 0 Å². The van der Waals surface area contributed by atoms with E-state index in [1.807, 2.05) is 0 Å². The predicted molar refractivity (Wildman–Crippen MR) is 67.0 cm³/mol. The standard InChI is InChI=1S/C12H11ClN2O2/c1-7-14-10(12(17)15(7)2)6-8-5-9(13)3-4-11(8)16/h3-6,16H,1-2H3/b10-6-. The van der Waals surface area contributed by atoms with Crippen molar-refractivity contribution in [3.8, 4) is 5.75 Å². The summed E-state index contributed by atoms with van der Waals surface area (Å²) in [5.41, 5.74) is 0.773. The van der Waals surface area contributed by atoms with E-state index in [1.165, 1.54) is 17.0 Å². The number of rotatable bonds is 1. The van der Waals surface area contributed by atoms with Gasteiger partial charge in [0, 0.05) is 17.6 Å². The van der Waals surface area contributed by atoms with E-state index in [4.69, 9.17) is 11.6 Å². The van der Waals surface area contributed by atoms with E-state index in [1.54, 1.807) is 26.1 Å². The maximum absolute atomic E-state index is 11.7. The van der Waals surface area contributed by atoms with Crippen LogP contribution >= 0.6 is 11.6 Å². The van der Waals surface area contributed by atoms with Gasteiger partial charge in [0.25, 0.3) is 5.91 Å². The summed E-state index contributed by atoms with van der Waals surface area (Å²) in [4.78, 5) is 17.3. The average molecular weight is 251 g/mol. The number of aromatic hydroxyl groups is 1. The van der Waals surface area contributed by atoms with Crippen LogP contribution < -0.4 is 0 Å². The molecule has 0 unspecified atom stereocenters. The van der Waals surface area contributed by atoms with E-state index in [2.05, 4.69) is 4.99 Å². The van der Waals surface area contributed by atoms with Crippen LogP contribution in [0.1, 0.15) is 12.5 Å². The Kier molecular flexibility index (Phi) is 2.90. The number of carbonyl (C=O) groups excluding carboxylic acids is 1. The quantitative estimate of drug-likeness (QED) is 0.778. The van der Waals surface area contributed by atoms with Gasteiger partial charge >= 0.3 is 0 Å². The summed E-state index contributed by atoms with van der Waals surface area (Å²) in [6.45, 7) is 1.75. The molecule has 0 aliphatic carbocycles. The zero-order chi connectivity index (χ0) is 12.6. The third kappa shape index (κ3) is 2.17. The number of likely N-dealkylation sites (N-methyl/N-ethyl adjacent to an activating group) is 1. The van der Waals surface area contributed by atoms with Gasteiger partial charge in [0.2, 0.25) is 0 Å². The molecule has 5 heteroatoms. The van der Waals surface area contributed by atoms with Crippen molar-refractivity contribution in [2.24, 2.45) is 4.99 Å². The molecule has 0 bridgehead atoms. The first-order valence-electron chi connectivity index (χ1n) is 5.02. The molecule has 4 nitrogen and oxygen atoms in total. The Bertz CT molecular complexity index is 549. The number of amidine groups is 1. The highest BCUT2D eigenvalue weighted by atomic mass is 35.5. The van der Waals surface area contributed by atoms with Gasteiger partial charge in [0.05, 0.1) is 0 Å². The first kappa shape index (κ1) is 11.7. The number of phenols is 1. The Morgan fingerprint density at radius 2 is 2.18 bits per heavy atom. The van der Waals surface area contributed by atoms with Gasteiger partial charge in [0.1, 0.15) is 17.3 Å². The van der Waals surface area contributed by atoms with E-state index in [-0.39, 0.29) is 11.7 Å². The van der Waals surface area contributed by atoms with Crippen LogP contribution in [0.2, 0.25) is 5.02 Å². The summed E-state index contributed by atoms with van der Waals surface area (Å²) in [7, 11) is 1.65.